The molecule has 6 rings (SSSR count). The van der Waals surface area contributed by atoms with E-state index in [1.54, 1.807) is 42.9 Å². The molecule has 2 aliphatic rings. The first kappa shape index (κ1) is 27.9. The van der Waals surface area contributed by atoms with Crippen LogP contribution in [-0.2, 0) is 27.1 Å². The van der Waals surface area contributed by atoms with Gasteiger partial charge in [0.2, 0.25) is 5.91 Å². The molecule has 1 N–H and O–H groups in total. The van der Waals surface area contributed by atoms with Crippen LogP contribution in [0.15, 0.2) is 74.8 Å². The van der Waals surface area contributed by atoms with Crippen molar-refractivity contribution in [2.75, 3.05) is 26.3 Å². The lowest BCUT2D eigenvalue weighted by atomic mass is 9.82. The molecule has 8 nitrogen and oxygen atoms in total. The number of furan rings is 1. The number of nitrogens with one attached hydrogen (secondary N) is 1. The third-order valence-corrected chi connectivity index (χ3v) is 9.64. The van der Waals surface area contributed by atoms with Crippen molar-refractivity contribution in [3.05, 3.63) is 76.7 Å². The van der Waals surface area contributed by atoms with Gasteiger partial charge in [-0.25, -0.2) is 4.21 Å². The number of fused-ring (bicyclic) bond motifs is 1. The summed E-state index contributed by atoms with van der Waals surface area (Å²) >= 11 is 3.38. The van der Waals surface area contributed by atoms with Crippen LogP contribution < -0.4 is 4.72 Å². The van der Waals surface area contributed by atoms with E-state index in [0.717, 1.165) is 52.3 Å². The lowest BCUT2D eigenvalue weighted by molar-refractivity contribution is -0.135. The predicted molar refractivity (Wildman–Crippen MR) is 161 cm³/mol. The van der Waals surface area contributed by atoms with Gasteiger partial charge < -0.3 is 18.6 Å². The summed E-state index contributed by atoms with van der Waals surface area (Å²) in [6.07, 6.45) is 9.10. The molecule has 2 amide bonds. The Kier molecular flexibility index (Phi) is 8.41. The third kappa shape index (κ3) is 5.91. The highest BCUT2D eigenvalue weighted by Gasteiger charge is 2.29. The molecule has 1 saturated heterocycles. The van der Waals surface area contributed by atoms with Crippen LogP contribution in [0.4, 0.5) is 0 Å². The molecule has 3 heterocycles. The summed E-state index contributed by atoms with van der Waals surface area (Å²) < 4.78 is 29.4. The minimum Gasteiger partial charge on any atom is -0.472 e. The van der Waals surface area contributed by atoms with E-state index in [0.29, 0.717) is 42.7 Å². The van der Waals surface area contributed by atoms with Crippen LogP contribution in [0.5, 0.6) is 0 Å². The van der Waals surface area contributed by atoms with Crippen LogP contribution in [0.1, 0.15) is 53.9 Å². The second-order valence-corrected chi connectivity index (χ2v) is 12.7. The van der Waals surface area contributed by atoms with Crippen molar-refractivity contribution in [3.63, 3.8) is 0 Å². The van der Waals surface area contributed by atoms with Crippen LogP contribution in [0.3, 0.4) is 0 Å². The molecule has 0 spiro atoms. The average Bonchev–Trinajstić information content (AvgIpc) is 3.64. The van der Waals surface area contributed by atoms with E-state index in [1.165, 1.54) is 12.0 Å². The molecule has 1 atom stereocenters. The Balaban J connectivity index is 1.43. The highest BCUT2D eigenvalue weighted by atomic mass is 79.9. The van der Waals surface area contributed by atoms with Crippen LogP contribution >= 0.6 is 15.9 Å². The molecule has 0 radical (unpaired) electrons. The van der Waals surface area contributed by atoms with Crippen molar-refractivity contribution < 1.29 is 23.0 Å². The van der Waals surface area contributed by atoms with Crippen molar-refractivity contribution in [1.82, 2.24) is 14.2 Å². The molecule has 4 aromatic rings. The van der Waals surface area contributed by atoms with E-state index in [1.807, 2.05) is 27.7 Å². The quantitative estimate of drug-likeness (QED) is 0.267. The van der Waals surface area contributed by atoms with E-state index in [4.69, 9.17) is 9.15 Å². The highest BCUT2D eigenvalue weighted by molar-refractivity contribution is 9.10. The van der Waals surface area contributed by atoms with Gasteiger partial charge in [-0.2, -0.15) is 0 Å². The number of aromatic nitrogens is 1. The number of amides is 2. The number of nitrogens with zero attached hydrogens (tertiary/aromatic N) is 2. The lowest BCUT2D eigenvalue weighted by Gasteiger charge is -2.27. The van der Waals surface area contributed by atoms with E-state index in [2.05, 4.69) is 20.7 Å². The second-order valence-electron chi connectivity index (χ2n) is 10.6. The van der Waals surface area contributed by atoms with Crippen molar-refractivity contribution in [1.29, 1.82) is 0 Å². The van der Waals surface area contributed by atoms with E-state index in [-0.39, 0.29) is 12.5 Å². The Bertz CT molecular complexity index is 1570. The minimum absolute atomic E-state index is 0.0105. The molecule has 214 valence electrons. The number of carbonyl (C=O) groups is 2. The summed E-state index contributed by atoms with van der Waals surface area (Å²) in [7, 11) is -1.71. The van der Waals surface area contributed by atoms with E-state index < -0.39 is 16.9 Å². The molecule has 1 aliphatic heterocycles. The van der Waals surface area contributed by atoms with E-state index >= 15 is 0 Å². The molecule has 2 aromatic heterocycles. The molecular formula is C31H32BrN3O5S. The fourth-order valence-electron chi connectivity index (χ4n) is 6.00. The number of hydrogen-bond acceptors (Lipinski definition) is 5. The van der Waals surface area contributed by atoms with Crippen molar-refractivity contribution in [3.8, 4) is 11.3 Å². The number of hydrogen-bond donors (Lipinski definition) is 1. The molecular weight excluding hydrogens is 606 g/mol. The topological polar surface area (TPSA) is 93.8 Å². The summed E-state index contributed by atoms with van der Waals surface area (Å²) in [6.45, 7) is 2.31. The summed E-state index contributed by atoms with van der Waals surface area (Å²) in [5.74, 6) is -0.0821. The highest BCUT2D eigenvalue weighted by Crippen LogP contribution is 2.44. The maximum Gasteiger partial charge on any atom is 0.263 e. The largest absolute Gasteiger partial charge is 0.472 e. The fourth-order valence-corrected chi connectivity index (χ4v) is 7.06. The molecule has 1 unspecified atom stereocenters. The number of morpholine rings is 1. The van der Waals surface area contributed by atoms with Gasteiger partial charge in [0.25, 0.3) is 5.91 Å². The molecule has 2 aromatic carbocycles. The number of halogens is 1. The van der Waals surface area contributed by atoms with Gasteiger partial charge in [0, 0.05) is 34.1 Å². The first-order valence-corrected chi connectivity index (χ1v) is 16.0. The zero-order valence-electron chi connectivity index (χ0n) is 22.6. The predicted octanol–water partition coefficient (Wildman–Crippen LogP) is 6.02. The van der Waals surface area contributed by atoms with Crippen molar-refractivity contribution in [2.45, 2.75) is 49.5 Å². The molecule has 41 heavy (non-hydrogen) atoms. The Morgan fingerprint density at radius 2 is 1.76 bits per heavy atom. The maximum atomic E-state index is 13.6. The molecule has 10 heteroatoms. The average molecular weight is 639 g/mol. The van der Waals surface area contributed by atoms with Gasteiger partial charge in [0.1, 0.15) is 6.54 Å². The van der Waals surface area contributed by atoms with Gasteiger partial charge in [0.15, 0.2) is 11.0 Å². The molecule has 0 bridgehead atoms. The van der Waals surface area contributed by atoms with Gasteiger partial charge in [-0.15, -0.1) is 0 Å². The zero-order valence-corrected chi connectivity index (χ0v) is 25.0. The van der Waals surface area contributed by atoms with Gasteiger partial charge in [0.05, 0.1) is 41.8 Å². The van der Waals surface area contributed by atoms with Gasteiger partial charge in [-0.1, -0.05) is 41.3 Å². The van der Waals surface area contributed by atoms with Crippen LogP contribution in [-0.4, -0.2) is 51.8 Å². The van der Waals surface area contributed by atoms with Crippen LogP contribution in [0.2, 0.25) is 0 Å². The molecule has 1 saturated carbocycles. The number of ether oxygens (including phenoxy) is 1. The first-order chi connectivity index (χ1) is 20.0. The standard InChI is InChI=1S/C31H32BrN3O5S/c32-24-7-9-25(10-8-24)41(38)33-31(37)22-6-11-26-27(18-22)35(19-28(36)34-13-16-39-17-14-34)30(23-12-15-40-20-23)29(26)21-4-2-1-3-5-21/h6-12,15,18,20-21H,1-5,13-14,16-17,19H2,(H,33,37). The first-order valence-electron chi connectivity index (χ1n) is 14.0. The Labute approximate surface area is 249 Å². The number of carbonyl (C=O) groups excluding carboxylic acids is 2. The smallest absolute Gasteiger partial charge is 0.263 e. The summed E-state index contributed by atoms with van der Waals surface area (Å²) in [6, 6.07) is 14.5. The Hall–Kier alpha value is -3.21. The van der Waals surface area contributed by atoms with Crippen LogP contribution in [0, 0.1) is 0 Å². The molecule has 2 fully saturated rings. The zero-order chi connectivity index (χ0) is 28.3. The summed E-state index contributed by atoms with van der Waals surface area (Å²) in [4.78, 5) is 29.2. The van der Waals surface area contributed by atoms with Crippen LogP contribution in [0.25, 0.3) is 22.2 Å². The van der Waals surface area contributed by atoms with Gasteiger partial charge in [-0.05, 0) is 66.8 Å². The lowest BCUT2D eigenvalue weighted by Crippen LogP contribution is -2.42. The summed E-state index contributed by atoms with van der Waals surface area (Å²) in [5, 5.41) is 1.04. The normalized spacial score (nSPS) is 17.0. The SMILES string of the molecule is O=C(NS(=O)c1ccc(Br)cc1)c1ccc2c(C3CCCCC3)c(-c3ccoc3)n(CC(=O)N3CCOCC3)c2c1. The second kappa shape index (κ2) is 12.3. The maximum absolute atomic E-state index is 13.6. The van der Waals surface area contributed by atoms with Crippen molar-refractivity contribution in [2.24, 2.45) is 0 Å². The summed E-state index contributed by atoms with van der Waals surface area (Å²) in [5.41, 5.74) is 4.29. The Morgan fingerprint density at radius 3 is 2.46 bits per heavy atom. The van der Waals surface area contributed by atoms with Crippen molar-refractivity contribution >= 4 is 49.6 Å². The Morgan fingerprint density at radius 1 is 1.00 bits per heavy atom. The molecule has 1 aliphatic carbocycles. The van der Waals surface area contributed by atoms with Gasteiger partial charge in [-0.3, -0.25) is 14.3 Å². The number of rotatable bonds is 7. The monoisotopic (exact) mass is 637 g/mol. The number of benzene rings is 2. The fraction of sp³-hybridized carbons (Fsp3) is 0.355. The third-order valence-electron chi connectivity index (χ3n) is 8.04. The minimum atomic E-state index is -1.71. The van der Waals surface area contributed by atoms with E-state index in [9.17, 15) is 13.8 Å². The van der Waals surface area contributed by atoms with Gasteiger partial charge >= 0.3 is 0 Å².